The van der Waals surface area contributed by atoms with Gasteiger partial charge in [0.15, 0.2) is 11.4 Å². The smallest absolute Gasteiger partial charge is 0.262 e. The molecule has 1 aromatic carbocycles. The summed E-state index contributed by atoms with van der Waals surface area (Å²) in [6.07, 6.45) is 4.41. The largest absolute Gasteiger partial charge is 0.343 e. The monoisotopic (exact) mass is 421 g/mol. The molecule has 4 rings (SSSR count). The van der Waals surface area contributed by atoms with Gasteiger partial charge in [-0.3, -0.25) is 19.1 Å². The predicted octanol–water partition coefficient (Wildman–Crippen LogP) is 2.41. The third-order valence-corrected chi connectivity index (χ3v) is 6.01. The highest BCUT2D eigenvalue weighted by molar-refractivity contribution is 5.98. The number of hydrogen-bond acceptors (Lipinski definition) is 5. The maximum atomic E-state index is 12.7. The van der Waals surface area contributed by atoms with Crippen LogP contribution in [0.5, 0.6) is 0 Å². The zero-order valence-electron chi connectivity index (χ0n) is 17.9. The topological polar surface area (TPSA) is 101 Å². The Hall–Kier alpha value is -3.29. The van der Waals surface area contributed by atoms with E-state index in [0.717, 1.165) is 11.1 Å². The predicted molar refractivity (Wildman–Crippen MR) is 117 cm³/mol. The Labute approximate surface area is 180 Å². The summed E-state index contributed by atoms with van der Waals surface area (Å²) in [4.78, 5) is 46.5. The number of likely N-dealkylation sites (tertiary alicyclic amines) is 1. The first-order valence-electron chi connectivity index (χ1n) is 10.7. The van der Waals surface area contributed by atoms with Crippen molar-refractivity contribution in [2.45, 2.75) is 39.0 Å². The maximum Gasteiger partial charge on any atom is 0.262 e. The normalized spacial score (nSPS) is 14.8. The molecule has 31 heavy (non-hydrogen) atoms. The first-order valence-corrected chi connectivity index (χ1v) is 10.7. The van der Waals surface area contributed by atoms with Crippen molar-refractivity contribution in [3.8, 4) is 0 Å². The Morgan fingerprint density at radius 3 is 2.58 bits per heavy atom. The lowest BCUT2D eigenvalue weighted by atomic mass is 9.88. The molecule has 1 aliphatic heterocycles. The first kappa shape index (κ1) is 21.0. The van der Waals surface area contributed by atoms with Crippen LogP contribution in [0.2, 0.25) is 0 Å². The molecule has 1 aliphatic rings. The van der Waals surface area contributed by atoms with Crippen LogP contribution in [0.3, 0.4) is 0 Å². The third-order valence-electron chi connectivity index (χ3n) is 6.01. The molecular weight excluding hydrogens is 394 g/mol. The van der Waals surface area contributed by atoms with E-state index in [2.05, 4.69) is 15.1 Å². The van der Waals surface area contributed by atoms with Gasteiger partial charge in [-0.2, -0.15) is 5.10 Å². The van der Waals surface area contributed by atoms with Crippen molar-refractivity contribution >= 4 is 22.7 Å². The number of carbonyl (C=O) groups is 2. The van der Waals surface area contributed by atoms with Gasteiger partial charge in [-0.25, -0.2) is 4.98 Å². The summed E-state index contributed by atoms with van der Waals surface area (Å²) in [6, 6.07) is 7.69. The Kier molecular flexibility index (Phi) is 5.97. The number of aromatic nitrogens is 4. The summed E-state index contributed by atoms with van der Waals surface area (Å²) in [7, 11) is 1.75. The lowest BCUT2D eigenvalue weighted by molar-refractivity contribution is -0.132. The summed E-state index contributed by atoms with van der Waals surface area (Å²) in [6.45, 7) is 3.22. The van der Waals surface area contributed by atoms with E-state index in [1.807, 2.05) is 36.1 Å². The van der Waals surface area contributed by atoms with Gasteiger partial charge in [-0.1, -0.05) is 29.8 Å². The van der Waals surface area contributed by atoms with Crippen LogP contribution in [0.1, 0.15) is 47.4 Å². The fourth-order valence-electron chi connectivity index (χ4n) is 4.11. The summed E-state index contributed by atoms with van der Waals surface area (Å²) in [5.41, 5.74) is 2.23. The number of benzene rings is 1. The van der Waals surface area contributed by atoms with E-state index < -0.39 is 0 Å². The average molecular weight is 422 g/mol. The number of fused-ring (bicyclic) bond motifs is 1. The number of Topliss-reactive ketones (excluding diaryl/α,β-unsaturated/α-hetero) is 1. The molecule has 2 aromatic heterocycles. The second-order valence-corrected chi connectivity index (χ2v) is 8.26. The number of aryl methyl sites for hydroxylation is 3. The molecule has 0 spiro atoms. The molecule has 1 amide bonds. The lowest BCUT2D eigenvalue weighted by Crippen LogP contribution is -2.40. The molecule has 0 unspecified atom stereocenters. The van der Waals surface area contributed by atoms with E-state index in [4.69, 9.17) is 0 Å². The van der Waals surface area contributed by atoms with Crippen molar-refractivity contribution in [2.75, 3.05) is 13.1 Å². The fraction of sp³-hybridized carbons (Fsp3) is 0.435. The van der Waals surface area contributed by atoms with Crippen molar-refractivity contribution in [3.05, 3.63) is 57.8 Å². The van der Waals surface area contributed by atoms with Crippen molar-refractivity contribution in [1.82, 2.24) is 24.6 Å². The van der Waals surface area contributed by atoms with Gasteiger partial charge in [0.1, 0.15) is 11.2 Å². The van der Waals surface area contributed by atoms with E-state index in [1.165, 1.54) is 6.20 Å². The minimum Gasteiger partial charge on any atom is -0.343 e. The highest BCUT2D eigenvalue weighted by atomic mass is 16.2. The zero-order valence-corrected chi connectivity index (χ0v) is 17.9. The minimum absolute atomic E-state index is 0.0216. The van der Waals surface area contributed by atoms with Gasteiger partial charge in [-0.05, 0) is 26.2 Å². The van der Waals surface area contributed by atoms with Gasteiger partial charge < -0.3 is 9.88 Å². The van der Waals surface area contributed by atoms with E-state index >= 15 is 0 Å². The molecule has 1 saturated heterocycles. The molecule has 0 bridgehead atoms. The van der Waals surface area contributed by atoms with Crippen molar-refractivity contribution in [1.29, 1.82) is 0 Å². The SMILES string of the molecule is Cc1ccc(C(=O)C2CCN(C(=O)CCCc3nc4c(cnn4C)c(=O)[nH]3)CC2)cc1. The molecule has 1 N–H and O–H groups in total. The number of ketones is 1. The number of H-pyrrole nitrogens is 1. The number of rotatable bonds is 6. The number of hydrogen-bond donors (Lipinski definition) is 1. The van der Waals surface area contributed by atoms with Crippen LogP contribution in [-0.2, 0) is 18.3 Å². The summed E-state index contributed by atoms with van der Waals surface area (Å²) < 4.78 is 1.57. The van der Waals surface area contributed by atoms with E-state index in [0.29, 0.717) is 62.1 Å². The van der Waals surface area contributed by atoms with Gasteiger partial charge in [0.2, 0.25) is 5.91 Å². The van der Waals surface area contributed by atoms with Gasteiger partial charge in [-0.15, -0.1) is 0 Å². The maximum absolute atomic E-state index is 12.7. The van der Waals surface area contributed by atoms with Crippen LogP contribution in [-0.4, -0.2) is 49.4 Å². The van der Waals surface area contributed by atoms with Crippen LogP contribution in [0.4, 0.5) is 0 Å². The lowest BCUT2D eigenvalue weighted by Gasteiger charge is -2.31. The Morgan fingerprint density at radius 1 is 1.16 bits per heavy atom. The summed E-state index contributed by atoms with van der Waals surface area (Å²) >= 11 is 0. The van der Waals surface area contributed by atoms with Gasteiger partial charge in [0.25, 0.3) is 5.56 Å². The number of nitrogens with one attached hydrogen (secondary N) is 1. The second kappa shape index (κ2) is 8.83. The molecule has 0 aliphatic carbocycles. The first-order chi connectivity index (χ1) is 14.9. The van der Waals surface area contributed by atoms with Gasteiger partial charge >= 0.3 is 0 Å². The highest BCUT2D eigenvalue weighted by Gasteiger charge is 2.27. The van der Waals surface area contributed by atoms with Crippen LogP contribution in [0.15, 0.2) is 35.3 Å². The average Bonchev–Trinajstić information content (AvgIpc) is 3.15. The van der Waals surface area contributed by atoms with Crippen LogP contribution in [0.25, 0.3) is 11.0 Å². The Balaban J connectivity index is 1.27. The molecule has 1 fully saturated rings. The van der Waals surface area contributed by atoms with E-state index in [-0.39, 0.29) is 23.2 Å². The van der Waals surface area contributed by atoms with E-state index in [9.17, 15) is 14.4 Å². The molecule has 0 radical (unpaired) electrons. The van der Waals surface area contributed by atoms with Crippen molar-refractivity contribution < 1.29 is 9.59 Å². The fourth-order valence-corrected chi connectivity index (χ4v) is 4.11. The quantitative estimate of drug-likeness (QED) is 0.616. The number of amides is 1. The molecule has 162 valence electrons. The molecule has 3 aromatic rings. The number of piperidine rings is 1. The molecular formula is C23H27N5O3. The second-order valence-electron chi connectivity index (χ2n) is 8.26. The van der Waals surface area contributed by atoms with Gasteiger partial charge in [0, 0.05) is 44.5 Å². The Bertz CT molecular complexity index is 1150. The highest BCUT2D eigenvalue weighted by Crippen LogP contribution is 2.23. The number of aromatic amines is 1. The van der Waals surface area contributed by atoms with Gasteiger partial charge in [0.05, 0.1) is 6.20 Å². The van der Waals surface area contributed by atoms with E-state index in [1.54, 1.807) is 11.7 Å². The number of carbonyl (C=O) groups excluding carboxylic acids is 2. The van der Waals surface area contributed by atoms with Crippen LogP contribution in [0, 0.1) is 12.8 Å². The van der Waals surface area contributed by atoms with Crippen molar-refractivity contribution in [3.63, 3.8) is 0 Å². The third kappa shape index (κ3) is 4.57. The molecule has 0 atom stereocenters. The summed E-state index contributed by atoms with van der Waals surface area (Å²) in [5, 5.41) is 4.52. The van der Waals surface area contributed by atoms with Crippen LogP contribution < -0.4 is 5.56 Å². The summed E-state index contributed by atoms with van der Waals surface area (Å²) in [5.74, 6) is 0.806. The molecule has 8 heteroatoms. The minimum atomic E-state index is -0.209. The molecule has 8 nitrogen and oxygen atoms in total. The standard InChI is InChI=1S/C23H27N5O3/c1-15-6-8-16(9-7-15)21(30)17-10-12-28(13-11-17)20(29)5-3-4-19-25-22-18(23(31)26-19)14-24-27(22)2/h6-9,14,17H,3-5,10-13H2,1-2H3,(H,25,26,31). The van der Waals surface area contributed by atoms with Crippen molar-refractivity contribution in [2.24, 2.45) is 13.0 Å². The molecule has 0 saturated carbocycles. The zero-order chi connectivity index (χ0) is 22.0. The van der Waals surface area contributed by atoms with Crippen LogP contribution >= 0.6 is 0 Å². The molecule has 3 heterocycles. The number of nitrogens with zero attached hydrogens (tertiary/aromatic N) is 4. The Morgan fingerprint density at radius 2 is 1.87 bits per heavy atom.